The number of amides is 3. The zero-order chi connectivity index (χ0) is 23.1. The van der Waals surface area contributed by atoms with E-state index in [9.17, 15) is 18.4 Å². The quantitative estimate of drug-likeness (QED) is 0.518. The van der Waals surface area contributed by atoms with Gasteiger partial charge in [-0.25, -0.2) is 13.6 Å². The number of ether oxygens (including phenoxy) is 2. The predicted molar refractivity (Wildman–Crippen MR) is 115 cm³/mol. The van der Waals surface area contributed by atoms with Gasteiger partial charge in [-0.15, -0.1) is 0 Å². The first-order valence-electron chi connectivity index (χ1n) is 10.0. The van der Waals surface area contributed by atoms with E-state index in [1.165, 1.54) is 0 Å². The SMILES string of the molecule is CC(CNC(=O)Nc1snc(OCc2cc(F)ccc2F)c1C(N)=O)CN1CCOCC1. The molecule has 3 rings (SSSR count). The van der Waals surface area contributed by atoms with Gasteiger partial charge in [0.05, 0.1) is 13.2 Å². The van der Waals surface area contributed by atoms with Crippen molar-refractivity contribution in [3.63, 3.8) is 0 Å². The van der Waals surface area contributed by atoms with E-state index in [4.69, 9.17) is 15.2 Å². The van der Waals surface area contributed by atoms with Crippen molar-refractivity contribution in [3.05, 3.63) is 41.0 Å². The molecule has 1 unspecified atom stereocenters. The van der Waals surface area contributed by atoms with Crippen molar-refractivity contribution in [3.8, 4) is 5.88 Å². The fourth-order valence-corrected chi connectivity index (χ4v) is 3.92. The lowest BCUT2D eigenvalue weighted by atomic mass is 10.1. The number of morpholine rings is 1. The Morgan fingerprint density at radius 1 is 1.34 bits per heavy atom. The smallest absolute Gasteiger partial charge is 0.319 e. The Hall–Kier alpha value is -2.83. The van der Waals surface area contributed by atoms with Crippen LogP contribution in [0.5, 0.6) is 5.88 Å². The number of hydrogen-bond donors (Lipinski definition) is 3. The van der Waals surface area contributed by atoms with Crippen LogP contribution in [0.1, 0.15) is 22.8 Å². The van der Waals surface area contributed by atoms with Crippen molar-refractivity contribution < 1.29 is 27.8 Å². The van der Waals surface area contributed by atoms with Crippen molar-refractivity contribution in [1.29, 1.82) is 0 Å². The lowest BCUT2D eigenvalue weighted by molar-refractivity contribution is 0.0320. The van der Waals surface area contributed by atoms with Crippen molar-refractivity contribution in [2.24, 2.45) is 11.7 Å². The molecule has 32 heavy (non-hydrogen) atoms. The van der Waals surface area contributed by atoms with Gasteiger partial charge in [-0.05, 0) is 35.6 Å². The molecule has 1 aromatic carbocycles. The van der Waals surface area contributed by atoms with Crippen molar-refractivity contribution in [2.45, 2.75) is 13.5 Å². The van der Waals surface area contributed by atoms with Crippen LogP contribution in [0.2, 0.25) is 0 Å². The van der Waals surface area contributed by atoms with Gasteiger partial charge >= 0.3 is 6.03 Å². The zero-order valence-electron chi connectivity index (χ0n) is 17.5. The van der Waals surface area contributed by atoms with Gasteiger partial charge in [-0.2, -0.15) is 4.37 Å². The van der Waals surface area contributed by atoms with E-state index >= 15 is 0 Å². The van der Waals surface area contributed by atoms with Gasteiger partial charge in [0.15, 0.2) is 0 Å². The minimum Gasteiger partial charge on any atom is -0.471 e. The minimum absolute atomic E-state index is 0.0464. The van der Waals surface area contributed by atoms with Crippen LogP contribution in [-0.2, 0) is 11.3 Å². The summed E-state index contributed by atoms with van der Waals surface area (Å²) in [5.41, 5.74) is 5.23. The minimum atomic E-state index is -0.871. The number of anilines is 1. The van der Waals surface area contributed by atoms with E-state index in [-0.39, 0.29) is 34.5 Å². The molecular weight excluding hydrogens is 444 g/mol. The summed E-state index contributed by atoms with van der Waals surface area (Å²) in [6.07, 6.45) is 0. The normalized spacial score (nSPS) is 15.2. The number of nitrogens with two attached hydrogens (primary N) is 1. The van der Waals surface area contributed by atoms with E-state index in [1.807, 2.05) is 6.92 Å². The molecule has 1 atom stereocenters. The predicted octanol–water partition coefficient (Wildman–Crippen LogP) is 2.19. The molecule has 0 spiro atoms. The molecule has 2 aromatic rings. The molecule has 3 amide bonds. The number of carbonyl (C=O) groups excluding carboxylic acids is 2. The third-order valence-electron chi connectivity index (χ3n) is 4.79. The number of halogens is 2. The lowest BCUT2D eigenvalue weighted by Gasteiger charge is -2.29. The number of benzene rings is 1. The van der Waals surface area contributed by atoms with E-state index in [0.29, 0.717) is 19.8 Å². The molecule has 0 radical (unpaired) electrons. The molecule has 1 saturated heterocycles. The molecular formula is C20H25F2N5O4S. The van der Waals surface area contributed by atoms with Crippen LogP contribution in [0.15, 0.2) is 18.2 Å². The standard InChI is InChI=1S/C20H25F2N5O4S/c1-12(10-27-4-6-30-7-5-27)9-24-20(29)25-19-16(17(23)28)18(26-32-19)31-11-13-8-14(21)2-3-15(13)22/h2-3,8,12H,4-7,9-11H2,1H3,(H2,23,28)(H2,24,25,29). The van der Waals surface area contributed by atoms with Gasteiger partial charge in [0.1, 0.15) is 28.8 Å². The lowest BCUT2D eigenvalue weighted by Crippen LogP contribution is -2.42. The average Bonchev–Trinajstić information content (AvgIpc) is 3.16. The first-order valence-corrected chi connectivity index (χ1v) is 10.8. The topological polar surface area (TPSA) is 119 Å². The van der Waals surface area contributed by atoms with Crippen LogP contribution >= 0.6 is 11.5 Å². The zero-order valence-corrected chi connectivity index (χ0v) is 18.3. The maximum Gasteiger partial charge on any atom is 0.319 e. The van der Waals surface area contributed by atoms with Gasteiger partial charge in [0, 0.05) is 31.7 Å². The van der Waals surface area contributed by atoms with E-state index in [2.05, 4.69) is 19.9 Å². The fourth-order valence-electron chi connectivity index (χ4n) is 3.18. The highest BCUT2D eigenvalue weighted by atomic mass is 32.1. The van der Waals surface area contributed by atoms with Crippen molar-refractivity contribution >= 4 is 28.5 Å². The van der Waals surface area contributed by atoms with Crippen LogP contribution in [0.3, 0.4) is 0 Å². The number of nitrogens with zero attached hydrogens (tertiary/aromatic N) is 2. The fraction of sp³-hybridized carbons (Fsp3) is 0.450. The van der Waals surface area contributed by atoms with Gasteiger partial charge < -0.3 is 20.5 Å². The number of nitrogens with one attached hydrogen (secondary N) is 2. The van der Waals surface area contributed by atoms with Gasteiger partial charge in [-0.1, -0.05) is 6.92 Å². The summed E-state index contributed by atoms with van der Waals surface area (Å²) in [5, 5.41) is 5.40. The Morgan fingerprint density at radius 3 is 2.81 bits per heavy atom. The number of aromatic nitrogens is 1. The third-order valence-corrected chi connectivity index (χ3v) is 5.54. The second kappa shape index (κ2) is 11.2. The summed E-state index contributed by atoms with van der Waals surface area (Å²) < 4.78 is 41.8. The molecule has 1 aliphatic heterocycles. The average molecular weight is 470 g/mol. The molecule has 0 saturated carbocycles. The summed E-state index contributed by atoms with van der Waals surface area (Å²) in [7, 11) is 0. The van der Waals surface area contributed by atoms with E-state index in [1.54, 1.807) is 0 Å². The summed E-state index contributed by atoms with van der Waals surface area (Å²) in [6.45, 7) is 6.05. The second-order valence-electron chi connectivity index (χ2n) is 7.43. The van der Waals surface area contributed by atoms with Crippen LogP contribution in [-0.4, -0.2) is 60.6 Å². The summed E-state index contributed by atoms with van der Waals surface area (Å²) in [6, 6.07) is 2.42. The first kappa shape index (κ1) is 23.8. The number of carbonyl (C=O) groups is 2. The van der Waals surface area contributed by atoms with Crippen LogP contribution < -0.4 is 21.1 Å². The number of rotatable bonds is 9. The summed E-state index contributed by atoms with van der Waals surface area (Å²) >= 11 is 0.800. The molecule has 2 heterocycles. The molecule has 12 heteroatoms. The van der Waals surface area contributed by atoms with Crippen LogP contribution in [0.25, 0.3) is 0 Å². The highest BCUT2D eigenvalue weighted by Crippen LogP contribution is 2.31. The Kier molecular flexibility index (Phi) is 8.31. The number of primary amides is 1. The van der Waals surface area contributed by atoms with Gasteiger partial charge in [0.25, 0.3) is 5.91 Å². The molecule has 1 aliphatic rings. The molecule has 1 fully saturated rings. The monoisotopic (exact) mass is 469 g/mol. The molecule has 1 aromatic heterocycles. The van der Waals surface area contributed by atoms with E-state index < -0.39 is 23.6 Å². The van der Waals surface area contributed by atoms with Crippen molar-refractivity contribution in [2.75, 3.05) is 44.7 Å². The van der Waals surface area contributed by atoms with Crippen LogP contribution in [0, 0.1) is 17.6 Å². The van der Waals surface area contributed by atoms with Crippen molar-refractivity contribution in [1.82, 2.24) is 14.6 Å². The Labute approximate surface area is 188 Å². The molecule has 0 bridgehead atoms. The highest BCUT2D eigenvalue weighted by molar-refractivity contribution is 7.11. The first-order chi connectivity index (χ1) is 15.3. The van der Waals surface area contributed by atoms with E-state index in [0.717, 1.165) is 49.4 Å². The van der Waals surface area contributed by atoms with Crippen LogP contribution in [0.4, 0.5) is 18.6 Å². The number of hydrogen-bond acceptors (Lipinski definition) is 7. The Bertz CT molecular complexity index is 952. The Balaban J connectivity index is 1.55. The summed E-state index contributed by atoms with van der Waals surface area (Å²) in [4.78, 5) is 26.5. The largest absolute Gasteiger partial charge is 0.471 e. The maximum absolute atomic E-state index is 13.8. The maximum atomic E-state index is 13.8. The second-order valence-corrected chi connectivity index (χ2v) is 8.21. The molecule has 0 aliphatic carbocycles. The molecule has 9 nitrogen and oxygen atoms in total. The van der Waals surface area contributed by atoms with Gasteiger partial charge in [0.2, 0.25) is 5.88 Å². The molecule has 174 valence electrons. The third kappa shape index (κ3) is 6.58. The summed E-state index contributed by atoms with van der Waals surface area (Å²) in [5.74, 6) is -2.12. The Morgan fingerprint density at radius 2 is 2.09 bits per heavy atom. The van der Waals surface area contributed by atoms with Gasteiger partial charge in [-0.3, -0.25) is 15.0 Å². The highest BCUT2D eigenvalue weighted by Gasteiger charge is 2.23. The molecule has 4 N–H and O–H groups in total. The number of urea groups is 1.